The van der Waals surface area contributed by atoms with E-state index < -0.39 is 0 Å². The Balaban J connectivity index is 1.33. The number of aromatic amines is 1. The Morgan fingerprint density at radius 1 is 1.00 bits per heavy atom. The first-order valence-corrected chi connectivity index (χ1v) is 9.85. The van der Waals surface area contributed by atoms with Crippen molar-refractivity contribution in [2.75, 3.05) is 11.9 Å². The van der Waals surface area contributed by atoms with Crippen LogP contribution in [0, 0.1) is 6.92 Å². The highest BCUT2D eigenvalue weighted by Crippen LogP contribution is 2.24. The van der Waals surface area contributed by atoms with E-state index in [0.717, 1.165) is 5.56 Å². The fourth-order valence-electron chi connectivity index (χ4n) is 2.93. The Morgan fingerprint density at radius 3 is 2.56 bits per heavy atom. The van der Waals surface area contributed by atoms with E-state index in [4.69, 9.17) is 9.47 Å². The van der Waals surface area contributed by atoms with E-state index in [1.165, 1.54) is 6.07 Å². The largest absolute Gasteiger partial charge is 0.484 e. The Labute approximate surface area is 183 Å². The van der Waals surface area contributed by atoms with E-state index in [1.54, 1.807) is 73.8 Å². The summed E-state index contributed by atoms with van der Waals surface area (Å²) in [4.78, 5) is 35.0. The van der Waals surface area contributed by atoms with Crippen LogP contribution in [0.5, 0.6) is 17.4 Å². The van der Waals surface area contributed by atoms with E-state index in [1.807, 2.05) is 6.07 Å². The zero-order chi connectivity index (χ0) is 22.3. The van der Waals surface area contributed by atoms with Crippen LogP contribution in [0.15, 0.2) is 83.8 Å². The third-order valence-corrected chi connectivity index (χ3v) is 4.35. The second-order valence-corrected chi connectivity index (χ2v) is 6.89. The number of hydrogen-bond donors (Lipinski definition) is 2. The minimum atomic E-state index is -0.309. The molecule has 2 aromatic heterocycles. The molecule has 0 aliphatic heterocycles. The summed E-state index contributed by atoms with van der Waals surface area (Å²) in [6.07, 6.45) is 1.64. The molecule has 160 valence electrons. The molecule has 2 aromatic carbocycles. The molecular formula is C24H20N4O4. The van der Waals surface area contributed by atoms with Crippen molar-refractivity contribution >= 4 is 11.6 Å². The summed E-state index contributed by atoms with van der Waals surface area (Å²) in [5.41, 5.74) is 1.76. The van der Waals surface area contributed by atoms with Gasteiger partial charge in [0, 0.05) is 41.3 Å². The quantitative estimate of drug-likeness (QED) is 0.462. The number of H-pyrrole nitrogens is 1. The van der Waals surface area contributed by atoms with Crippen LogP contribution in [0.1, 0.15) is 5.69 Å². The van der Waals surface area contributed by atoms with Crippen molar-refractivity contribution in [3.05, 3.63) is 95.0 Å². The highest BCUT2D eigenvalue weighted by molar-refractivity contribution is 5.92. The van der Waals surface area contributed by atoms with Crippen molar-refractivity contribution in [3.63, 3.8) is 0 Å². The molecule has 2 heterocycles. The second kappa shape index (κ2) is 9.57. The fraction of sp³-hybridized carbons (Fsp3) is 0.0833. The Bertz CT molecular complexity index is 1270. The van der Waals surface area contributed by atoms with E-state index >= 15 is 0 Å². The molecule has 0 bridgehead atoms. The Morgan fingerprint density at radius 2 is 1.81 bits per heavy atom. The first-order valence-electron chi connectivity index (χ1n) is 9.85. The van der Waals surface area contributed by atoms with Gasteiger partial charge in [-0.05, 0) is 49.4 Å². The molecule has 0 saturated heterocycles. The van der Waals surface area contributed by atoms with Crippen molar-refractivity contribution in [1.29, 1.82) is 0 Å². The van der Waals surface area contributed by atoms with Gasteiger partial charge in [0.05, 0.1) is 0 Å². The zero-order valence-electron chi connectivity index (χ0n) is 17.2. The number of amides is 1. The molecule has 0 aliphatic rings. The highest BCUT2D eigenvalue weighted by Gasteiger charge is 2.07. The van der Waals surface area contributed by atoms with Crippen molar-refractivity contribution < 1.29 is 14.3 Å². The van der Waals surface area contributed by atoms with Gasteiger partial charge < -0.3 is 19.8 Å². The molecule has 0 aliphatic carbocycles. The molecule has 4 aromatic rings. The predicted octanol–water partition coefficient (Wildman–Crippen LogP) is 3.95. The molecule has 8 nitrogen and oxygen atoms in total. The van der Waals surface area contributed by atoms with Crippen molar-refractivity contribution in [2.45, 2.75) is 6.92 Å². The zero-order valence-corrected chi connectivity index (χ0v) is 17.2. The fourth-order valence-corrected chi connectivity index (χ4v) is 2.93. The predicted molar refractivity (Wildman–Crippen MR) is 120 cm³/mol. The van der Waals surface area contributed by atoms with Gasteiger partial charge in [0.15, 0.2) is 6.61 Å². The van der Waals surface area contributed by atoms with Crippen LogP contribution >= 0.6 is 0 Å². The SMILES string of the molecule is Cc1cc(=O)[nH]c(-c2ccc(NC(=O)COc3cccc(Oc4ccccn4)c3)cc2)n1. The first kappa shape index (κ1) is 20.8. The van der Waals surface area contributed by atoms with E-state index in [2.05, 4.69) is 20.3 Å². The molecule has 1 amide bonds. The number of nitrogens with one attached hydrogen (secondary N) is 2. The van der Waals surface area contributed by atoms with Crippen molar-refractivity contribution in [3.8, 4) is 28.8 Å². The monoisotopic (exact) mass is 428 g/mol. The highest BCUT2D eigenvalue weighted by atomic mass is 16.5. The van der Waals surface area contributed by atoms with E-state index in [-0.39, 0.29) is 18.1 Å². The normalized spacial score (nSPS) is 10.4. The number of rotatable bonds is 7. The molecule has 0 saturated carbocycles. The van der Waals surface area contributed by atoms with Gasteiger partial charge in [-0.3, -0.25) is 9.59 Å². The molecule has 2 N–H and O–H groups in total. The number of carbonyl (C=O) groups excluding carboxylic acids is 1. The van der Waals surface area contributed by atoms with Crippen LogP contribution < -0.4 is 20.3 Å². The van der Waals surface area contributed by atoms with Crippen molar-refractivity contribution in [2.24, 2.45) is 0 Å². The average Bonchev–Trinajstić information content (AvgIpc) is 2.78. The summed E-state index contributed by atoms with van der Waals surface area (Å²) in [6.45, 7) is 1.59. The van der Waals surface area contributed by atoms with Gasteiger partial charge in [-0.1, -0.05) is 12.1 Å². The summed E-state index contributed by atoms with van der Waals surface area (Å²) in [5.74, 6) is 1.69. The van der Waals surface area contributed by atoms with Gasteiger partial charge >= 0.3 is 0 Å². The lowest BCUT2D eigenvalue weighted by Crippen LogP contribution is -2.20. The number of hydrogen-bond acceptors (Lipinski definition) is 6. The van der Waals surface area contributed by atoms with Crippen LogP contribution in [0.2, 0.25) is 0 Å². The van der Waals surface area contributed by atoms with Gasteiger partial charge in [-0.2, -0.15) is 0 Å². The number of aryl methyl sites for hydroxylation is 1. The van der Waals surface area contributed by atoms with E-state index in [9.17, 15) is 9.59 Å². The van der Waals surface area contributed by atoms with Gasteiger partial charge in [0.25, 0.3) is 11.5 Å². The third kappa shape index (κ3) is 5.57. The summed E-state index contributed by atoms with van der Waals surface area (Å²) in [5, 5.41) is 2.77. The molecule has 4 rings (SSSR count). The van der Waals surface area contributed by atoms with Crippen LogP contribution in [0.25, 0.3) is 11.4 Å². The lowest BCUT2D eigenvalue weighted by atomic mass is 10.2. The summed E-state index contributed by atoms with van der Waals surface area (Å²) in [6, 6.07) is 20.8. The number of ether oxygens (including phenoxy) is 2. The van der Waals surface area contributed by atoms with Crippen LogP contribution in [0.3, 0.4) is 0 Å². The van der Waals surface area contributed by atoms with Crippen LogP contribution in [-0.2, 0) is 4.79 Å². The molecule has 0 radical (unpaired) electrons. The third-order valence-electron chi connectivity index (χ3n) is 4.35. The molecule has 8 heteroatoms. The molecule has 0 unspecified atom stereocenters. The van der Waals surface area contributed by atoms with Crippen molar-refractivity contribution in [1.82, 2.24) is 15.0 Å². The number of aromatic nitrogens is 3. The number of anilines is 1. The van der Waals surface area contributed by atoms with Crippen LogP contribution in [0.4, 0.5) is 5.69 Å². The first-order chi connectivity index (χ1) is 15.5. The molecule has 0 spiro atoms. The maximum Gasteiger partial charge on any atom is 0.262 e. The standard InChI is InChI=1S/C24H20N4O4/c1-16-13-21(29)28-24(26-16)17-8-10-18(11-9-17)27-22(30)15-31-19-5-4-6-20(14-19)32-23-7-2-3-12-25-23/h2-14H,15H2,1H3,(H,27,30)(H,26,28,29). The van der Waals surface area contributed by atoms with E-state index in [0.29, 0.717) is 34.6 Å². The second-order valence-electron chi connectivity index (χ2n) is 6.89. The number of nitrogens with zero attached hydrogens (tertiary/aromatic N) is 2. The maximum absolute atomic E-state index is 12.3. The average molecular weight is 428 g/mol. The summed E-state index contributed by atoms with van der Waals surface area (Å²) in [7, 11) is 0. The number of benzene rings is 2. The van der Waals surface area contributed by atoms with Gasteiger partial charge in [-0.15, -0.1) is 0 Å². The lowest BCUT2D eigenvalue weighted by molar-refractivity contribution is -0.118. The Hall–Kier alpha value is -4.46. The number of pyridine rings is 1. The molecular weight excluding hydrogens is 408 g/mol. The minimum absolute atomic E-state index is 0.165. The van der Waals surface area contributed by atoms with Gasteiger partial charge in [-0.25, -0.2) is 9.97 Å². The molecule has 0 atom stereocenters. The summed E-state index contributed by atoms with van der Waals surface area (Å²) < 4.78 is 11.2. The Kier molecular flexibility index (Phi) is 6.22. The molecule has 32 heavy (non-hydrogen) atoms. The lowest BCUT2D eigenvalue weighted by Gasteiger charge is -2.10. The maximum atomic E-state index is 12.3. The van der Waals surface area contributed by atoms with Gasteiger partial charge in [0.1, 0.15) is 17.3 Å². The topological polar surface area (TPSA) is 106 Å². The summed E-state index contributed by atoms with van der Waals surface area (Å²) >= 11 is 0. The smallest absolute Gasteiger partial charge is 0.262 e. The molecule has 0 fully saturated rings. The van der Waals surface area contributed by atoms with Crippen LogP contribution in [-0.4, -0.2) is 27.5 Å². The van der Waals surface area contributed by atoms with Gasteiger partial charge in [0.2, 0.25) is 5.88 Å². The minimum Gasteiger partial charge on any atom is -0.484 e. The number of carbonyl (C=O) groups is 1.